The third kappa shape index (κ3) is 3.59. The number of hydrogen-bond acceptors (Lipinski definition) is 3. The van der Waals surface area contributed by atoms with Gasteiger partial charge in [0.15, 0.2) is 0 Å². The number of benzene rings is 1. The summed E-state index contributed by atoms with van der Waals surface area (Å²) in [5, 5.41) is 9.28. The van der Waals surface area contributed by atoms with Gasteiger partial charge in [-0.15, -0.1) is 0 Å². The first kappa shape index (κ1) is 17.1. The molecule has 0 atom stereocenters. The number of rotatable bonds is 7. The van der Waals surface area contributed by atoms with E-state index in [2.05, 4.69) is 0 Å². The van der Waals surface area contributed by atoms with Crippen LogP contribution in [0.25, 0.3) is 0 Å². The molecule has 4 nitrogen and oxygen atoms in total. The van der Waals surface area contributed by atoms with Crippen molar-refractivity contribution < 1.29 is 13.5 Å². The monoisotopic (exact) mass is 299 g/mol. The van der Waals surface area contributed by atoms with Crippen molar-refractivity contribution >= 4 is 10.0 Å². The number of aliphatic hydroxyl groups is 1. The van der Waals surface area contributed by atoms with Crippen LogP contribution in [-0.2, 0) is 16.6 Å². The third-order valence-electron chi connectivity index (χ3n) is 3.43. The van der Waals surface area contributed by atoms with Crippen molar-refractivity contribution in [1.82, 2.24) is 4.31 Å². The highest BCUT2D eigenvalue weighted by molar-refractivity contribution is 7.89. The number of aryl methyl sites for hydroxylation is 1. The smallest absolute Gasteiger partial charge is 0.243 e. The summed E-state index contributed by atoms with van der Waals surface area (Å²) < 4.78 is 27.1. The lowest BCUT2D eigenvalue weighted by atomic mass is 10.1. The van der Waals surface area contributed by atoms with E-state index in [9.17, 15) is 13.5 Å². The summed E-state index contributed by atoms with van der Waals surface area (Å²) in [5.74, 6) is 0. The van der Waals surface area contributed by atoms with Crippen LogP contribution < -0.4 is 0 Å². The average molecular weight is 299 g/mol. The maximum atomic E-state index is 12.8. The molecule has 0 amide bonds. The Labute approximate surface area is 122 Å². The van der Waals surface area contributed by atoms with Crippen LogP contribution >= 0.6 is 0 Å². The molecule has 0 aliphatic heterocycles. The molecular weight excluding hydrogens is 274 g/mol. The van der Waals surface area contributed by atoms with Crippen molar-refractivity contribution in [1.29, 1.82) is 0 Å². The Hall–Kier alpha value is -0.910. The van der Waals surface area contributed by atoms with Crippen molar-refractivity contribution in [3.8, 4) is 0 Å². The summed E-state index contributed by atoms with van der Waals surface area (Å²) in [7, 11) is -3.49. The second-order valence-corrected chi connectivity index (χ2v) is 7.00. The van der Waals surface area contributed by atoms with E-state index in [-0.39, 0.29) is 6.61 Å². The van der Waals surface area contributed by atoms with Gasteiger partial charge in [0.05, 0.1) is 11.5 Å². The molecule has 0 saturated heterocycles. The minimum Gasteiger partial charge on any atom is -0.392 e. The molecule has 114 valence electrons. The summed E-state index contributed by atoms with van der Waals surface area (Å²) in [6.07, 6.45) is 1.58. The van der Waals surface area contributed by atoms with E-state index in [0.29, 0.717) is 23.5 Å². The minimum atomic E-state index is -3.49. The van der Waals surface area contributed by atoms with Gasteiger partial charge in [-0.25, -0.2) is 8.42 Å². The van der Waals surface area contributed by atoms with E-state index in [1.165, 1.54) is 4.31 Å². The van der Waals surface area contributed by atoms with Crippen molar-refractivity contribution in [2.75, 3.05) is 13.1 Å². The van der Waals surface area contributed by atoms with Crippen LogP contribution in [0.5, 0.6) is 0 Å². The Morgan fingerprint density at radius 1 is 1.10 bits per heavy atom. The van der Waals surface area contributed by atoms with E-state index in [1.54, 1.807) is 6.07 Å². The van der Waals surface area contributed by atoms with E-state index in [0.717, 1.165) is 24.0 Å². The number of aliphatic hydroxyl groups excluding tert-OH is 1. The quantitative estimate of drug-likeness (QED) is 0.842. The summed E-state index contributed by atoms with van der Waals surface area (Å²) in [4.78, 5) is 0.323. The molecule has 1 N–H and O–H groups in total. The topological polar surface area (TPSA) is 57.6 Å². The second kappa shape index (κ2) is 7.20. The normalized spacial score (nSPS) is 12.1. The summed E-state index contributed by atoms with van der Waals surface area (Å²) >= 11 is 0. The van der Waals surface area contributed by atoms with E-state index < -0.39 is 10.0 Å². The molecule has 1 rings (SSSR count). The molecule has 0 saturated carbocycles. The molecule has 1 aromatic rings. The maximum Gasteiger partial charge on any atom is 0.243 e. The van der Waals surface area contributed by atoms with Crippen LogP contribution in [0.15, 0.2) is 17.0 Å². The third-order valence-corrected chi connectivity index (χ3v) is 5.45. The number of nitrogens with zero attached hydrogens (tertiary/aromatic N) is 1. The van der Waals surface area contributed by atoms with Crippen LogP contribution in [-0.4, -0.2) is 30.9 Å². The largest absolute Gasteiger partial charge is 0.392 e. The number of sulfonamides is 1. The molecule has 0 unspecified atom stereocenters. The van der Waals surface area contributed by atoms with E-state index >= 15 is 0 Å². The Balaban J connectivity index is 3.36. The molecule has 5 heteroatoms. The van der Waals surface area contributed by atoms with Crippen LogP contribution in [0.2, 0.25) is 0 Å². The Bertz CT molecular complexity index is 546. The zero-order chi connectivity index (χ0) is 15.3. The van der Waals surface area contributed by atoms with Crippen LogP contribution in [0.1, 0.15) is 43.4 Å². The first-order valence-electron chi connectivity index (χ1n) is 7.09. The van der Waals surface area contributed by atoms with Gasteiger partial charge in [-0.1, -0.05) is 19.9 Å². The first-order chi connectivity index (χ1) is 9.38. The fourth-order valence-corrected chi connectivity index (χ4v) is 4.22. The van der Waals surface area contributed by atoms with Gasteiger partial charge in [0, 0.05) is 13.1 Å². The molecule has 0 spiro atoms. The zero-order valence-electron chi connectivity index (χ0n) is 12.8. The fraction of sp³-hybridized carbons (Fsp3) is 0.600. The van der Waals surface area contributed by atoms with Crippen molar-refractivity contribution in [2.45, 2.75) is 52.0 Å². The molecule has 0 radical (unpaired) electrons. The minimum absolute atomic E-state index is 0.148. The lowest BCUT2D eigenvalue weighted by Crippen LogP contribution is -2.33. The highest BCUT2D eigenvalue weighted by atomic mass is 32.2. The molecule has 0 fully saturated rings. The van der Waals surface area contributed by atoms with Gasteiger partial charge in [-0.2, -0.15) is 4.31 Å². The first-order valence-corrected chi connectivity index (χ1v) is 8.53. The van der Waals surface area contributed by atoms with Gasteiger partial charge in [0.2, 0.25) is 10.0 Å². The molecule has 0 heterocycles. The Kier molecular flexibility index (Phi) is 6.17. The predicted molar refractivity (Wildman–Crippen MR) is 81.2 cm³/mol. The van der Waals surface area contributed by atoms with Gasteiger partial charge >= 0.3 is 0 Å². The predicted octanol–water partition coefficient (Wildman–Crippen LogP) is 2.61. The van der Waals surface area contributed by atoms with Gasteiger partial charge < -0.3 is 5.11 Å². The molecule has 0 bridgehead atoms. The van der Waals surface area contributed by atoms with Crippen molar-refractivity contribution in [3.05, 3.63) is 28.8 Å². The average Bonchev–Trinajstić information content (AvgIpc) is 2.41. The summed E-state index contributed by atoms with van der Waals surface area (Å²) in [6, 6.07) is 3.42. The fourth-order valence-electron chi connectivity index (χ4n) is 2.25. The van der Waals surface area contributed by atoms with Crippen LogP contribution in [0.3, 0.4) is 0 Å². The van der Waals surface area contributed by atoms with Gasteiger partial charge in [0.1, 0.15) is 0 Å². The highest BCUT2D eigenvalue weighted by Crippen LogP contribution is 2.25. The lowest BCUT2D eigenvalue weighted by Gasteiger charge is -2.23. The Morgan fingerprint density at radius 3 is 2.10 bits per heavy atom. The van der Waals surface area contributed by atoms with E-state index in [1.807, 2.05) is 33.8 Å². The SMILES string of the molecule is CCCN(CCC)S(=O)(=O)c1cc(CO)cc(C)c1C. The molecule has 0 aliphatic rings. The maximum absolute atomic E-state index is 12.8. The van der Waals surface area contributed by atoms with Gasteiger partial charge in [0.25, 0.3) is 0 Å². The van der Waals surface area contributed by atoms with Crippen molar-refractivity contribution in [2.24, 2.45) is 0 Å². The van der Waals surface area contributed by atoms with Crippen LogP contribution in [0.4, 0.5) is 0 Å². The second-order valence-electron chi connectivity index (χ2n) is 5.10. The van der Waals surface area contributed by atoms with Gasteiger partial charge in [-0.3, -0.25) is 0 Å². The molecular formula is C15H25NO3S. The van der Waals surface area contributed by atoms with Crippen LogP contribution in [0, 0.1) is 13.8 Å². The zero-order valence-corrected chi connectivity index (χ0v) is 13.6. The highest BCUT2D eigenvalue weighted by Gasteiger charge is 2.25. The Morgan fingerprint density at radius 2 is 1.65 bits per heavy atom. The standard InChI is InChI=1S/C15H25NO3S/c1-5-7-16(8-6-2)20(18,19)15-10-14(11-17)9-12(3)13(15)4/h9-10,17H,5-8,11H2,1-4H3. The van der Waals surface area contributed by atoms with E-state index in [4.69, 9.17) is 0 Å². The molecule has 0 aliphatic carbocycles. The lowest BCUT2D eigenvalue weighted by molar-refractivity contribution is 0.281. The van der Waals surface area contributed by atoms with Crippen molar-refractivity contribution in [3.63, 3.8) is 0 Å². The summed E-state index contributed by atoms with van der Waals surface area (Å²) in [5.41, 5.74) is 2.29. The van der Waals surface area contributed by atoms with Gasteiger partial charge in [-0.05, 0) is 49.4 Å². The molecule has 0 aromatic heterocycles. The molecule has 20 heavy (non-hydrogen) atoms. The number of hydrogen-bond donors (Lipinski definition) is 1. The molecule has 1 aromatic carbocycles. The summed E-state index contributed by atoms with van der Waals surface area (Å²) in [6.45, 7) is 8.54.